The van der Waals surface area contributed by atoms with Gasteiger partial charge in [0, 0.05) is 11.9 Å². The van der Waals surface area contributed by atoms with Gasteiger partial charge in [-0.1, -0.05) is 12.1 Å². The summed E-state index contributed by atoms with van der Waals surface area (Å²) in [5, 5.41) is 5.80. The smallest absolute Gasteiger partial charge is 0.317 e. The Bertz CT molecular complexity index is 674. The quantitative estimate of drug-likeness (QED) is 0.938. The molecular weight excluding hydrogens is 317 g/mol. The van der Waals surface area contributed by atoms with Crippen LogP contribution in [0.3, 0.4) is 0 Å². The lowest BCUT2D eigenvalue weighted by molar-refractivity contribution is -0.0155. The molecule has 1 saturated heterocycles. The van der Waals surface area contributed by atoms with Gasteiger partial charge in [0.1, 0.15) is 11.9 Å². The highest BCUT2D eigenvalue weighted by atomic mass is 32.1. The summed E-state index contributed by atoms with van der Waals surface area (Å²) in [6.45, 7) is 3.81. The number of nitrogens with zero attached hydrogens (tertiary/aromatic N) is 2. The Balaban J connectivity index is 1.57. The van der Waals surface area contributed by atoms with Crippen LogP contribution in [0.2, 0.25) is 0 Å². The molecule has 1 N–H and O–H groups in total. The summed E-state index contributed by atoms with van der Waals surface area (Å²) in [5.41, 5.74) is 1.74. The van der Waals surface area contributed by atoms with Crippen LogP contribution in [-0.4, -0.2) is 35.6 Å². The summed E-state index contributed by atoms with van der Waals surface area (Å²) >= 11 is 1.56. The Morgan fingerprint density at radius 3 is 2.96 bits per heavy atom. The molecule has 2 amide bonds. The summed E-state index contributed by atoms with van der Waals surface area (Å²) in [4.78, 5) is 18.3. The molecule has 1 aliphatic rings. The van der Waals surface area contributed by atoms with Crippen molar-refractivity contribution < 1.29 is 13.9 Å². The largest absolute Gasteiger partial charge is 0.370 e. The highest BCUT2D eigenvalue weighted by Crippen LogP contribution is 2.22. The Hall–Kier alpha value is -1.99. The van der Waals surface area contributed by atoms with Crippen molar-refractivity contribution in [3.8, 4) is 0 Å². The molecule has 0 spiro atoms. The van der Waals surface area contributed by atoms with Crippen molar-refractivity contribution >= 4 is 17.4 Å². The Kier molecular flexibility index (Phi) is 4.88. The van der Waals surface area contributed by atoms with Crippen molar-refractivity contribution in [1.82, 2.24) is 15.2 Å². The maximum atomic E-state index is 13.0. The van der Waals surface area contributed by atoms with Gasteiger partial charge in [0.25, 0.3) is 0 Å². The molecule has 1 aromatic carbocycles. The third-order valence-electron chi connectivity index (χ3n) is 3.68. The van der Waals surface area contributed by atoms with E-state index in [-0.39, 0.29) is 18.0 Å². The molecular formula is C16H18FN3O2S. The predicted octanol–water partition coefficient (Wildman–Crippen LogP) is 2.87. The molecule has 0 aliphatic carbocycles. The number of halogens is 1. The topological polar surface area (TPSA) is 54.5 Å². The summed E-state index contributed by atoms with van der Waals surface area (Å²) in [6, 6.07) is 6.06. The molecule has 7 heteroatoms. The SMILES string of the molecule is Cc1nc(CNC(=O)N2CCO[C@@H](c3ccc(F)cc3)C2)cs1. The van der Waals surface area contributed by atoms with Crippen molar-refractivity contribution in [2.45, 2.75) is 19.6 Å². The van der Waals surface area contributed by atoms with Gasteiger partial charge in [-0.25, -0.2) is 14.2 Å². The van der Waals surface area contributed by atoms with E-state index >= 15 is 0 Å². The molecule has 1 fully saturated rings. The molecule has 5 nitrogen and oxygen atoms in total. The number of aryl methyl sites for hydroxylation is 1. The highest BCUT2D eigenvalue weighted by Gasteiger charge is 2.25. The van der Waals surface area contributed by atoms with Crippen LogP contribution >= 0.6 is 11.3 Å². The van der Waals surface area contributed by atoms with E-state index in [0.717, 1.165) is 16.3 Å². The normalized spacial score (nSPS) is 18.0. The van der Waals surface area contributed by atoms with Gasteiger partial charge in [0.15, 0.2) is 0 Å². The first kappa shape index (κ1) is 15.9. The molecule has 0 unspecified atom stereocenters. The average molecular weight is 335 g/mol. The fourth-order valence-electron chi connectivity index (χ4n) is 2.48. The summed E-state index contributed by atoms with van der Waals surface area (Å²) < 4.78 is 18.7. The van der Waals surface area contributed by atoms with Gasteiger partial charge >= 0.3 is 6.03 Å². The van der Waals surface area contributed by atoms with Gasteiger partial charge in [-0.15, -0.1) is 11.3 Å². The molecule has 23 heavy (non-hydrogen) atoms. The maximum absolute atomic E-state index is 13.0. The molecule has 0 radical (unpaired) electrons. The van der Waals surface area contributed by atoms with Crippen LogP contribution < -0.4 is 5.32 Å². The first-order valence-electron chi connectivity index (χ1n) is 7.42. The average Bonchev–Trinajstić information content (AvgIpc) is 2.99. The molecule has 2 heterocycles. The number of amides is 2. The third-order valence-corrected chi connectivity index (χ3v) is 4.51. The number of ether oxygens (including phenoxy) is 1. The lowest BCUT2D eigenvalue weighted by Crippen LogP contribution is -2.47. The van der Waals surface area contributed by atoms with E-state index in [1.807, 2.05) is 12.3 Å². The van der Waals surface area contributed by atoms with Crippen molar-refractivity contribution in [2.24, 2.45) is 0 Å². The molecule has 1 aromatic heterocycles. The number of hydrogen-bond acceptors (Lipinski definition) is 4. The van der Waals surface area contributed by atoms with Crippen LogP contribution in [-0.2, 0) is 11.3 Å². The van der Waals surface area contributed by atoms with Crippen LogP contribution in [0.15, 0.2) is 29.6 Å². The minimum absolute atomic E-state index is 0.133. The van der Waals surface area contributed by atoms with E-state index in [4.69, 9.17) is 4.74 Å². The second-order valence-corrected chi connectivity index (χ2v) is 6.44. The van der Waals surface area contributed by atoms with Gasteiger partial charge in [-0.2, -0.15) is 0 Å². The number of nitrogens with one attached hydrogen (secondary N) is 1. The van der Waals surface area contributed by atoms with Gasteiger partial charge in [-0.3, -0.25) is 0 Å². The zero-order chi connectivity index (χ0) is 16.2. The van der Waals surface area contributed by atoms with E-state index in [0.29, 0.717) is 26.2 Å². The number of benzene rings is 1. The molecule has 3 rings (SSSR count). The lowest BCUT2D eigenvalue weighted by atomic mass is 10.1. The predicted molar refractivity (Wildman–Crippen MR) is 85.8 cm³/mol. The highest BCUT2D eigenvalue weighted by molar-refractivity contribution is 7.09. The number of rotatable bonds is 3. The molecule has 0 bridgehead atoms. The van der Waals surface area contributed by atoms with Gasteiger partial charge in [0.2, 0.25) is 0 Å². The number of thiazole rings is 1. The zero-order valence-corrected chi connectivity index (χ0v) is 13.6. The third kappa shape index (κ3) is 4.05. The zero-order valence-electron chi connectivity index (χ0n) is 12.8. The van der Waals surface area contributed by atoms with Crippen molar-refractivity contribution in [1.29, 1.82) is 0 Å². The minimum atomic E-state index is -0.280. The maximum Gasteiger partial charge on any atom is 0.317 e. The van der Waals surface area contributed by atoms with Gasteiger partial charge in [0.05, 0.1) is 30.4 Å². The number of morpholine rings is 1. The van der Waals surface area contributed by atoms with Crippen LogP contribution in [0.5, 0.6) is 0 Å². The number of urea groups is 1. The monoisotopic (exact) mass is 335 g/mol. The van der Waals surface area contributed by atoms with Gasteiger partial charge in [-0.05, 0) is 24.6 Å². The second kappa shape index (κ2) is 7.06. The molecule has 1 atom stereocenters. The first-order valence-corrected chi connectivity index (χ1v) is 8.30. The molecule has 2 aromatic rings. The minimum Gasteiger partial charge on any atom is -0.370 e. The standard InChI is InChI=1S/C16H18FN3O2S/c1-11-19-14(10-23-11)8-18-16(21)20-6-7-22-15(9-20)12-2-4-13(17)5-3-12/h2-5,10,15H,6-9H2,1H3,(H,18,21)/t15-/m1/s1. The number of carbonyl (C=O) groups excluding carboxylic acids is 1. The number of hydrogen-bond donors (Lipinski definition) is 1. The Labute approximate surface area is 138 Å². The van der Waals surface area contributed by atoms with Crippen molar-refractivity contribution in [3.05, 3.63) is 51.7 Å². The lowest BCUT2D eigenvalue weighted by Gasteiger charge is -2.33. The van der Waals surface area contributed by atoms with Crippen LogP contribution in [0.1, 0.15) is 22.4 Å². The number of carbonyl (C=O) groups is 1. The van der Waals surface area contributed by atoms with E-state index in [2.05, 4.69) is 10.3 Å². The Morgan fingerprint density at radius 2 is 2.26 bits per heavy atom. The summed E-state index contributed by atoms with van der Waals surface area (Å²) in [6.07, 6.45) is -0.225. The summed E-state index contributed by atoms with van der Waals surface area (Å²) in [7, 11) is 0. The number of aromatic nitrogens is 1. The van der Waals surface area contributed by atoms with Gasteiger partial charge < -0.3 is 15.0 Å². The van der Waals surface area contributed by atoms with E-state index in [1.165, 1.54) is 12.1 Å². The Morgan fingerprint density at radius 1 is 1.48 bits per heavy atom. The van der Waals surface area contributed by atoms with E-state index < -0.39 is 0 Å². The summed E-state index contributed by atoms with van der Waals surface area (Å²) in [5.74, 6) is -0.280. The fourth-order valence-corrected chi connectivity index (χ4v) is 3.09. The first-order chi connectivity index (χ1) is 11.1. The van der Waals surface area contributed by atoms with E-state index in [9.17, 15) is 9.18 Å². The molecule has 1 aliphatic heterocycles. The fraction of sp³-hybridized carbons (Fsp3) is 0.375. The molecule has 0 saturated carbocycles. The van der Waals surface area contributed by atoms with Crippen LogP contribution in [0.4, 0.5) is 9.18 Å². The van der Waals surface area contributed by atoms with Crippen molar-refractivity contribution in [3.63, 3.8) is 0 Å². The molecule has 122 valence electrons. The van der Waals surface area contributed by atoms with Crippen LogP contribution in [0, 0.1) is 12.7 Å². The van der Waals surface area contributed by atoms with E-state index in [1.54, 1.807) is 28.4 Å². The van der Waals surface area contributed by atoms with Crippen LogP contribution in [0.25, 0.3) is 0 Å². The van der Waals surface area contributed by atoms with Crippen molar-refractivity contribution in [2.75, 3.05) is 19.7 Å². The second-order valence-electron chi connectivity index (χ2n) is 5.37.